The molecule has 0 atom stereocenters. The number of ether oxygens (including phenoxy) is 1. The monoisotopic (exact) mass is 378 g/mol. The summed E-state index contributed by atoms with van der Waals surface area (Å²) >= 11 is 0. The fourth-order valence-corrected chi connectivity index (χ4v) is 2.91. The molecular formula is C25H30O3. The molecule has 0 radical (unpaired) electrons. The van der Waals surface area contributed by atoms with E-state index in [1.807, 2.05) is 44.2 Å². The number of carbonyl (C=O) groups is 1. The first-order chi connectivity index (χ1) is 13.1. The van der Waals surface area contributed by atoms with Gasteiger partial charge < -0.3 is 9.84 Å². The van der Waals surface area contributed by atoms with Crippen molar-refractivity contribution >= 4 is 11.9 Å². The van der Waals surface area contributed by atoms with Gasteiger partial charge in [-0.25, -0.2) is 0 Å². The van der Waals surface area contributed by atoms with E-state index in [9.17, 15) is 9.90 Å². The van der Waals surface area contributed by atoms with E-state index >= 15 is 0 Å². The summed E-state index contributed by atoms with van der Waals surface area (Å²) in [5.74, 6) is 0.710. The van der Waals surface area contributed by atoms with Gasteiger partial charge in [-0.3, -0.25) is 4.79 Å². The summed E-state index contributed by atoms with van der Waals surface area (Å²) in [7, 11) is 1.57. The highest BCUT2D eigenvalue weighted by molar-refractivity contribution is 6.07. The Labute approximate surface area is 168 Å². The fourth-order valence-electron chi connectivity index (χ4n) is 2.91. The molecule has 2 rings (SSSR count). The van der Waals surface area contributed by atoms with E-state index in [-0.39, 0.29) is 16.9 Å². The number of carbonyl (C=O) groups excluding carboxylic acids is 1. The van der Waals surface area contributed by atoms with Crippen LogP contribution in [0.1, 0.15) is 61.7 Å². The second kappa shape index (κ2) is 8.92. The summed E-state index contributed by atoms with van der Waals surface area (Å²) in [6.45, 7) is 10.5. The SMILES string of the molecule is COc1c(/C=C/C(=O)c2ccc(C(C)(C)C)cc2)ccc(O)c1CC=C(C)C. The number of benzene rings is 2. The summed E-state index contributed by atoms with van der Waals surface area (Å²) < 4.78 is 5.53. The van der Waals surface area contributed by atoms with Gasteiger partial charge in [-0.15, -0.1) is 0 Å². The van der Waals surface area contributed by atoms with Crippen LogP contribution in [0, 0.1) is 0 Å². The Kier molecular flexibility index (Phi) is 6.85. The smallest absolute Gasteiger partial charge is 0.185 e. The highest BCUT2D eigenvalue weighted by Crippen LogP contribution is 2.33. The van der Waals surface area contributed by atoms with Crippen LogP contribution in [0.5, 0.6) is 11.5 Å². The molecule has 2 aromatic rings. The van der Waals surface area contributed by atoms with Gasteiger partial charge in [-0.2, -0.15) is 0 Å². The van der Waals surface area contributed by atoms with Crippen molar-refractivity contribution in [2.45, 2.75) is 46.5 Å². The Morgan fingerprint density at radius 1 is 1.07 bits per heavy atom. The van der Waals surface area contributed by atoms with Crippen molar-refractivity contribution in [1.29, 1.82) is 0 Å². The molecule has 2 aromatic carbocycles. The molecule has 1 N–H and O–H groups in total. The largest absolute Gasteiger partial charge is 0.508 e. The van der Waals surface area contributed by atoms with Crippen LogP contribution in [0.2, 0.25) is 0 Å². The van der Waals surface area contributed by atoms with Gasteiger partial charge in [-0.1, -0.05) is 56.7 Å². The van der Waals surface area contributed by atoms with Crippen molar-refractivity contribution in [3.8, 4) is 11.5 Å². The molecule has 0 bridgehead atoms. The average Bonchev–Trinajstić information content (AvgIpc) is 2.64. The number of hydrogen-bond donors (Lipinski definition) is 1. The van der Waals surface area contributed by atoms with Crippen molar-refractivity contribution in [1.82, 2.24) is 0 Å². The van der Waals surface area contributed by atoms with Gasteiger partial charge in [0.1, 0.15) is 11.5 Å². The average molecular weight is 379 g/mol. The van der Waals surface area contributed by atoms with Gasteiger partial charge in [-0.05, 0) is 55.5 Å². The van der Waals surface area contributed by atoms with Gasteiger partial charge in [0, 0.05) is 16.7 Å². The fraction of sp³-hybridized carbons (Fsp3) is 0.320. The predicted octanol–water partition coefficient (Wildman–Crippen LogP) is 6.10. The van der Waals surface area contributed by atoms with E-state index in [1.54, 1.807) is 31.4 Å². The summed E-state index contributed by atoms with van der Waals surface area (Å²) in [4.78, 5) is 12.6. The van der Waals surface area contributed by atoms with Crippen LogP contribution < -0.4 is 4.74 Å². The number of rotatable bonds is 6. The zero-order valence-corrected chi connectivity index (χ0v) is 17.7. The normalized spacial score (nSPS) is 11.5. The number of methoxy groups -OCH3 is 1. The molecule has 3 heteroatoms. The van der Waals surface area contributed by atoms with Crippen molar-refractivity contribution in [3.05, 3.63) is 76.4 Å². The quantitative estimate of drug-likeness (QED) is 0.375. The van der Waals surface area contributed by atoms with E-state index in [4.69, 9.17) is 4.74 Å². The predicted molar refractivity (Wildman–Crippen MR) is 116 cm³/mol. The van der Waals surface area contributed by atoms with E-state index in [0.717, 1.165) is 11.1 Å². The molecule has 0 aromatic heterocycles. The third-order valence-corrected chi connectivity index (χ3v) is 4.63. The number of aromatic hydroxyl groups is 1. The summed E-state index contributed by atoms with van der Waals surface area (Å²) in [5, 5.41) is 10.2. The number of allylic oxidation sites excluding steroid dienone is 3. The van der Waals surface area contributed by atoms with E-state index in [2.05, 4.69) is 20.8 Å². The minimum Gasteiger partial charge on any atom is -0.508 e. The van der Waals surface area contributed by atoms with Gasteiger partial charge in [0.2, 0.25) is 0 Å². The molecule has 0 aliphatic rings. The third-order valence-electron chi connectivity index (χ3n) is 4.63. The first kappa shape index (κ1) is 21.5. The minimum absolute atomic E-state index is 0.0541. The number of hydrogen-bond acceptors (Lipinski definition) is 3. The van der Waals surface area contributed by atoms with Crippen LogP contribution in [0.3, 0.4) is 0 Å². The lowest BCUT2D eigenvalue weighted by molar-refractivity contribution is 0.104. The zero-order valence-electron chi connectivity index (χ0n) is 17.7. The first-order valence-corrected chi connectivity index (χ1v) is 9.48. The molecule has 0 aliphatic carbocycles. The molecule has 0 unspecified atom stereocenters. The molecule has 0 heterocycles. The van der Waals surface area contributed by atoms with Crippen molar-refractivity contribution in [2.24, 2.45) is 0 Å². The molecule has 0 saturated carbocycles. The van der Waals surface area contributed by atoms with Crippen molar-refractivity contribution in [2.75, 3.05) is 7.11 Å². The highest BCUT2D eigenvalue weighted by Gasteiger charge is 2.14. The lowest BCUT2D eigenvalue weighted by Crippen LogP contribution is -2.11. The molecule has 3 nitrogen and oxygen atoms in total. The van der Waals surface area contributed by atoms with Crippen LogP contribution >= 0.6 is 0 Å². The lowest BCUT2D eigenvalue weighted by atomic mass is 9.86. The first-order valence-electron chi connectivity index (χ1n) is 9.48. The minimum atomic E-state index is -0.0681. The highest BCUT2D eigenvalue weighted by atomic mass is 16.5. The van der Waals surface area contributed by atoms with Gasteiger partial charge in [0.25, 0.3) is 0 Å². The van der Waals surface area contributed by atoms with Crippen LogP contribution in [0.4, 0.5) is 0 Å². The van der Waals surface area contributed by atoms with Crippen molar-refractivity contribution < 1.29 is 14.6 Å². The second-order valence-electron chi connectivity index (χ2n) is 8.20. The second-order valence-corrected chi connectivity index (χ2v) is 8.20. The van der Waals surface area contributed by atoms with Gasteiger partial charge in [0.15, 0.2) is 5.78 Å². The van der Waals surface area contributed by atoms with Crippen LogP contribution in [0.25, 0.3) is 6.08 Å². The molecule has 0 amide bonds. The zero-order chi connectivity index (χ0) is 20.9. The maximum absolute atomic E-state index is 12.6. The molecule has 0 fully saturated rings. The molecule has 0 saturated heterocycles. The Morgan fingerprint density at radius 3 is 2.25 bits per heavy atom. The number of ketones is 1. The van der Waals surface area contributed by atoms with Gasteiger partial charge in [0.05, 0.1) is 7.11 Å². The van der Waals surface area contributed by atoms with E-state index < -0.39 is 0 Å². The Bertz CT molecular complexity index is 891. The van der Waals surface area contributed by atoms with Crippen molar-refractivity contribution in [3.63, 3.8) is 0 Å². The molecule has 0 aliphatic heterocycles. The molecular weight excluding hydrogens is 348 g/mol. The van der Waals surface area contributed by atoms with E-state index in [0.29, 0.717) is 23.3 Å². The lowest BCUT2D eigenvalue weighted by Gasteiger charge is -2.18. The maximum atomic E-state index is 12.6. The van der Waals surface area contributed by atoms with Crippen LogP contribution in [0.15, 0.2) is 54.1 Å². The van der Waals surface area contributed by atoms with Crippen LogP contribution in [-0.2, 0) is 11.8 Å². The standard InChI is InChI=1S/C25H30O3/c1-17(2)7-14-21-23(27)16-11-19(24(21)28-6)10-15-22(26)18-8-12-20(13-9-18)25(3,4)5/h7-13,15-16,27H,14H2,1-6H3/b15-10+. The maximum Gasteiger partial charge on any atom is 0.185 e. The topological polar surface area (TPSA) is 46.5 Å². The Balaban J connectivity index is 2.29. The number of phenolic OH excluding ortho intramolecular Hbond substituents is 1. The van der Waals surface area contributed by atoms with E-state index in [1.165, 1.54) is 5.56 Å². The van der Waals surface area contributed by atoms with Gasteiger partial charge >= 0.3 is 0 Å². The van der Waals surface area contributed by atoms with Crippen LogP contribution in [-0.4, -0.2) is 18.0 Å². The summed E-state index contributed by atoms with van der Waals surface area (Å²) in [6, 6.07) is 11.1. The number of phenols is 1. The third kappa shape index (κ3) is 5.35. The molecule has 0 spiro atoms. The Morgan fingerprint density at radius 2 is 1.71 bits per heavy atom. The Hall–Kier alpha value is -2.81. The molecule has 28 heavy (non-hydrogen) atoms. The molecule has 148 valence electrons. The summed E-state index contributed by atoms with van der Waals surface area (Å²) in [5.41, 5.74) is 4.53. The summed E-state index contributed by atoms with van der Waals surface area (Å²) in [6.07, 6.45) is 5.89.